The molecule has 1 aliphatic rings. The van der Waals surface area contributed by atoms with Gasteiger partial charge in [-0.2, -0.15) is 0 Å². The Kier molecular flexibility index (Phi) is 6.38. The normalized spacial score (nSPS) is 15.3. The number of benzene rings is 2. The molecule has 1 aliphatic heterocycles. The zero-order valence-electron chi connectivity index (χ0n) is 18.6. The lowest BCUT2D eigenvalue weighted by molar-refractivity contribution is -0.128. The van der Waals surface area contributed by atoms with E-state index < -0.39 is 0 Å². The molecule has 5 nitrogen and oxygen atoms in total. The number of nitrogens with zero attached hydrogens (tertiary/aromatic N) is 3. The number of hydrogen-bond donors (Lipinski definition) is 0. The van der Waals surface area contributed by atoms with Crippen molar-refractivity contribution in [2.24, 2.45) is 0 Å². The first-order valence-electron chi connectivity index (χ1n) is 11.0. The number of para-hydroxylation sites is 1. The summed E-state index contributed by atoms with van der Waals surface area (Å²) in [7, 11) is 0. The highest BCUT2D eigenvalue weighted by Gasteiger charge is 2.31. The predicted octanol–water partition coefficient (Wildman–Crippen LogP) is 6.08. The summed E-state index contributed by atoms with van der Waals surface area (Å²) in [4.78, 5) is 35.1. The van der Waals surface area contributed by atoms with Crippen molar-refractivity contribution in [1.82, 2.24) is 9.88 Å². The number of rotatable bonds is 5. The van der Waals surface area contributed by atoms with E-state index in [0.717, 1.165) is 17.7 Å². The molecule has 0 bridgehead atoms. The Morgan fingerprint density at radius 2 is 1.76 bits per heavy atom. The molecule has 0 saturated heterocycles. The Bertz CT molecular complexity index is 1330. The Labute approximate surface area is 206 Å². The van der Waals surface area contributed by atoms with Crippen LogP contribution in [0.5, 0.6) is 0 Å². The molecule has 0 radical (unpaired) electrons. The lowest BCUT2D eigenvalue weighted by Crippen LogP contribution is -2.39. The van der Waals surface area contributed by atoms with Gasteiger partial charge in [0.1, 0.15) is 0 Å². The van der Waals surface area contributed by atoms with Gasteiger partial charge < -0.3 is 4.90 Å². The van der Waals surface area contributed by atoms with Crippen molar-refractivity contribution in [3.05, 3.63) is 105 Å². The van der Waals surface area contributed by atoms with Crippen molar-refractivity contribution in [2.45, 2.75) is 19.4 Å². The van der Waals surface area contributed by atoms with E-state index in [4.69, 9.17) is 0 Å². The van der Waals surface area contributed by atoms with Crippen molar-refractivity contribution in [3.8, 4) is 0 Å². The van der Waals surface area contributed by atoms with Gasteiger partial charge in [0, 0.05) is 29.8 Å². The molecule has 0 aliphatic carbocycles. The van der Waals surface area contributed by atoms with Crippen LogP contribution in [0.15, 0.2) is 83.6 Å². The number of fused-ring (bicyclic) bond motifs is 1. The highest BCUT2D eigenvalue weighted by Crippen LogP contribution is 2.38. The van der Waals surface area contributed by atoms with Gasteiger partial charge in [0.2, 0.25) is 11.8 Å². The van der Waals surface area contributed by atoms with Crippen LogP contribution in [-0.4, -0.2) is 28.2 Å². The van der Waals surface area contributed by atoms with Crippen LogP contribution in [0.3, 0.4) is 0 Å². The molecule has 0 N–H and O–H groups in total. The van der Waals surface area contributed by atoms with Crippen LogP contribution in [0.4, 0.5) is 10.8 Å². The zero-order chi connectivity index (χ0) is 23.5. The van der Waals surface area contributed by atoms with E-state index in [0.29, 0.717) is 17.4 Å². The summed E-state index contributed by atoms with van der Waals surface area (Å²) in [6.07, 6.45) is 4.19. The van der Waals surface area contributed by atoms with Gasteiger partial charge in [-0.1, -0.05) is 48.5 Å². The molecule has 170 valence electrons. The molecule has 3 heterocycles. The third kappa shape index (κ3) is 4.44. The summed E-state index contributed by atoms with van der Waals surface area (Å²) < 4.78 is 0. The Morgan fingerprint density at radius 3 is 2.50 bits per heavy atom. The quantitative estimate of drug-likeness (QED) is 0.322. The average Bonchev–Trinajstić information content (AvgIpc) is 3.53. The number of aromatic nitrogens is 1. The van der Waals surface area contributed by atoms with Crippen molar-refractivity contribution in [3.63, 3.8) is 0 Å². The summed E-state index contributed by atoms with van der Waals surface area (Å²) in [5, 5.41) is 4.54. The van der Waals surface area contributed by atoms with Gasteiger partial charge in [-0.3, -0.25) is 14.5 Å². The van der Waals surface area contributed by atoms with Crippen LogP contribution in [0, 0.1) is 0 Å². The van der Waals surface area contributed by atoms with E-state index >= 15 is 0 Å². The molecule has 1 unspecified atom stereocenters. The number of anilines is 2. The minimum Gasteiger partial charge on any atom is -0.328 e. The Hall–Kier alpha value is -3.55. The summed E-state index contributed by atoms with van der Waals surface area (Å²) in [6, 6.07) is 21.6. The number of thiophene rings is 1. The van der Waals surface area contributed by atoms with Gasteiger partial charge in [0.05, 0.1) is 17.4 Å². The van der Waals surface area contributed by atoms with Gasteiger partial charge in [0.15, 0.2) is 5.13 Å². The first-order chi connectivity index (χ1) is 16.6. The molecule has 2 amide bonds. The smallest absolute Gasteiger partial charge is 0.247 e. The third-order valence-electron chi connectivity index (χ3n) is 5.79. The van der Waals surface area contributed by atoms with E-state index in [1.807, 2.05) is 58.8 Å². The fourth-order valence-corrected chi connectivity index (χ4v) is 6.02. The monoisotopic (exact) mass is 485 g/mol. The number of amides is 2. The molecular weight excluding hydrogens is 462 g/mol. The second kappa shape index (κ2) is 9.75. The molecule has 7 heteroatoms. The first-order valence-corrected chi connectivity index (χ1v) is 12.8. The summed E-state index contributed by atoms with van der Waals surface area (Å²) in [5.41, 5.74) is 3.74. The standard InChI is InChI=1S/C27H23N3O2S2/c1-19(31)30(22-10-6-3-7-11-22)27-28-21(18-34-27)12-13-25(32)29-16-14-24-23(15-17-33-24)26(29)20-8-4-2-5-9-20/h2-13,15,17-18,26H,14,16H2,1H3/b13-12+. The Balaban J connectivity index is 1.38. The number of thiazole rings is 1. The second-order valence-corrected chi connectivity index (χ2v) is 9.81. The lowest BCUT2D eigenvalue weighted by atomic mass is 9.93. The van der Waals surface area contributed by atoms with Crippen LogP contribution in [0.25, 0.3) is 6.08 Å². The molecule has 0 spiro atoms. The number of hydrogen-bond acceptors (Lipinski definition) is 5. The van der Waals surface area contributed by atoms with Crippen molar-refractivity contribution >= 4 is 51.4 Å². The highest BCUT2D eigenvalue weighted by atomic mass is 32.1. The second-order valence-electron chi connectivity index (χ2n) is 7.97. The van der Waals surface area contributed by atoms with E-state index in [9.17, 15) is 9.59 Å². The van der Waals surface area contributed by atoms with Crippen LogP contribution in [0.2, 0.25) is 0 Å². The van der Waals surface area contributed by atoms with E-state index in [1.54, 1.807) is 28.4 Å². The van der Waals surface area contributed by atoms with Crippen LogP contribution >= 0.6 is 22.7 Å². The molecule has 34 heavy (non-hydrogen) atoms. The number of carbonyl (C=O) groups excluding carboxylic acids is 2. The molecule has 2 aromatic heterocycles. The fraction of sp³-hybridized carbons (Fsp3) is 0.148. The van der Waals surface area contributed by atoms with Crippen LogP contribution < -0.4 is 4.90 Å². The first kappa shape index (κ1) is 22.3. The van der Waals surface area contributed by atoms with Crippen molar-refractivity contribution < 1.29 is 9.59 Å². The average molecular weight is 486 g/mol. The maximum absolute atomic E-state index is 13.3. The Morgan fingerprint density at radius 1 is 1.03 bits per heavy atom. The molecule has 2 aromatic carbocycles. The van der Waals surface area contributed by atoms with E-state index in [1.165, 1.54) is 28.7 Å². The van der Waals surface area contributed by atoms with Crippen LogP contribution in [0.1, 0.15) is 34.7 Å². The topological polar surface area (TPSA) is 53.5 Å². The van der Waals surface area contributed by atoms with Gasteiger partial charge in [-0.25, -0.2) is 4.98 Å². The van der Waals surface area contributed by atoms with E-state index in [2.05, 4.69) is 28.6 Å². The van der Waals surface area contributed by atoms with Crippen LogP contribution in [-0.2, 0) is 16.0 Å². The van der Waals surface area contributed by atoms with Crippen molar-refractivity contribution in [2.75, 3.05) is 11.4 Å². The molecule has 1 atom stereocenters. The third-order valence-corrected chi connectivity index (χ3v) is 7.63. The van der Waals surface area contributed by atoms with E-state index in [-0.39, 0.29) is 17.9 Å². The highest BCUT2D eigenvalue weighted by molar-refractivity contribution is 7.14. The number of carbonyl (C=O) groups is 2. The zero-order valence-corrected chi connectivity index (χ0v) is 20.3. The summed E-state index contributed by atoms with van der Waals surface area (Å²) in [6.45, 7) is 2.19. The maximum Gasteiger partial charge on any atom is 0.247 e. The van der Waals surface area contributed by atoms with Crippen molar-refractivity contribution in [1.29, 1.82) is 0 Å². The molecule has 4 aromatic rings. The predicted molar refractivity (Wildman–Crippen MR) is 138 cm³/mol. The molecule has 0 fully saturated rings. The molecule has 5 rings (SSSR count). The molecule has 0 saturated carbocycles. The minimum atomic E-state index is -0.113. The SMILES string of the molecule is CC(=O)N(c1ccccc1)c1nc(/C=C/C(=O)N2CCc3sccc3C2c2ccccc2)cs1. The maximum atomic E-state index is 13.3. The van der Waals surface area contributed by atoms with Gasteiger partial charge in [0.25, 0.3) is 0 Å². The summed E-state index contributed by atoms with van der Waals surface area (Å²) >= 11 is 3.13. The lowest BCUT2D eigenvalue weighted by Gasteiger charge is -2.35. The van der Waals surface area contributed by atoms with Gasteiger partial charge in [-0.15, -0.1) is 22.7 Å². The van der Waals surface area contributed by atoms with Gasteiger partial charge in [-0.05, 0) is 47.2 Å². The molecular formula is C27H23N3O2S2. The minimum absolute atomic E-state index is 0.0493. The van der Waals surface area contributed by atoms with Gasteiger partial charge >= 0.3 is 0 Å². The summed E-state index contributed by atoms with van der Waals surface area (Å²) in [5.74, 6) is -0.163. The largest absolute Gasteiger partial charge is 0.328 e. The fourth-order valence-electron chi connectivity index (χ4n) is 4.26.